The van der Waals surface area contributed by atoms with Crippen molar-refractivity contribution in [1.29, 1.82) is 0 Å². The van der Waals surface area contributed by atoms with E-state index in [9.17, 15) is 0 Å². The lowest BCUT2D eigenvalue weighted by atomic mass is 10.1. The van der Waals surface area contributed by atoms with Crippen LogP contribution in [0.5, 0.6) is 0 Å². The molecule has 34 heavy (non-hydrogen) atoms. The minimum Gasteiger partial charge on any atom is -0.308 e. The van der Waals surface area contributed by atoms with Crippen LogP contribution in [0, 0.1) is 0 Å². The Labute approximate surface area is 196 Å². The average molecular weight is 437 g/mol. The molecule has 0 bridgehead atoms. The van der Waals surface area contributed by atoms with Gasteiger partial charge in [-0.2, -0.15) is 0 Å². The van der Waals surface area contributed by atoms with Crippen LogP contribution < -0.4 is 0 Å². The average Bonchev–Trinajstić information content (AvgIpc) is 3.42. The normalized spacial score (nSPS) is 11.6. The summed E-state index contributed by atoms with van der Waals surface area (Å²) in [7, 11) is 0. The van der Waals surface area contributed by atoms with E-state index in [2.05, 4.69) is 94.6 Å². The summed E-state index contributed by atoms with van der Waals surface area (Å²) in [5.74, 6) is 0. The molecule has 0 saturated heterocycles. The third kappa shape index (κ3) is 2.60. The van der Waals surface area contributed by atoms with Crippen molar-refractivity contribution in [2.75, 3.05) is 0 Å². The Morgan fingerprint density at radius 3 is 1.53 bits per heavy atom. The maximum absolute atomic E-state index is 4.70. The van der Waals surface area contributed by atoms with Crippen LogP contribution in [-0.4, -0.2) is 19.1 Å². The molecule has 0 spiro atoms. The highest BCUT2D eigenvalue weighted by atomic mass is 15.0. The second-order valence-corrected chi connectivity index (χ2v) is 8.43. The molecule has 160 valence electrons. The molecule has 0 saturated carbocycles. The third-order valence-electron chi connectivity index (χ3n) is 6.53. The quantitative estimate of drug-likeness (QED) is 0.291. The van der Waals surface area contributed by atoms with Gasteiger partial charge in [0.05, 0.1) is 33.1 Å². The van der Waals surface area contributed by atoms with Gasteiger partial charge in [-0.25, -0.2) is 0 Å². The predicted octanol–water partition coefficient (Wildman–Crippen LogP) is 7.31. The zero-order valence-corrected chi connectivity index (χ0v) is 18.4. The summed E-state index contributed by atoms with van der Waals surface area (Å²) in [6, 6.07) is 31.7. The summed E-state index contributed by atoms with van der Waals surface area (Å²) < 4.78 is 4.58. The summed E-state index contributed by atoms with van der Waals surface area (Å²) in [5.41, 5.74) is 9.63. The van der Waals surface area contributed by atoms with Gasteiger partial charge in [0.25, 0.3) is 0 Å². The molecule has 0 radical (unpaired) electrons. The lowest BCUT2D eigenvalue weighted by Crippen LogP contribution is -2.00. The number of fused-ring (bicyclic) bond motifs is 6. The van der Waals surface area contributed by atoms with Crippen molar-refractivity contribution in [1.82, 2.24) is 19.1 Å². The first-order chi connectivity index (χ1) is 16.8. The smallest absolute Gasteiger partial charge is 0.0963 e. The Bertz CT molecular complexity index is 1650. The van der Waals surface area contributed by atoms with Gasteiger partial charge in [0.1, 0.15) is 0 Å². The molecule has 0 N–H and O–H groups in total. The van der Waals surface area contributed by atoms with Gasteiger partial charge in [-0.1, -0.05) is 49.1 Å². The molecule has 0 amide bonds. The Hall–Kier alpha value is -4.70. The molecule has 0 atom stereocenters. The van der Waals surface area contributed by atoms with Crippen LogP contribution in [-0.2, 0) is 0 Å². The zero-order valence-electron chi connectivity index (χ0n) is 18.4. The maximum Gasteiger partial charge on any atom is 0.0963 e. The van der Waals surface area contributed by atoms with Gasteiger partial charge in [-0.15, -0.1) is 0 Å². The van der Waals surface area contributed by atoms with Gasteiger partial charge in [0.2, 0.25) is 0 Å². The first-order valence-electron chi connectivity index (χ1n) is 11.3. The molecule has 0 aliphatic rings. The molecule has 0 aliphatic heterocycles. The van der Waals surface area contributed by atoms with Crippen molar-refractivity contribution in [3.63, 3.8) is 0 Å². The van der Waals surface area contributed by atoms with Crippen molar-refractivity contribution in [3.05, 3.63) is 116 Å². The lowest BCUT2D eigenvalue weighted by Gasteiger charge is -2.14. The summed E-state index contributed by atoms with van der Waals surface area (Å²) in [4.78, 5) is 9.40. The molecule has 7 aromatic rings. The van der Waals surface area contributed by atoms with Gasteiger partial charge in [0.15, 0.2) is 0 Å². The van der Waals surface area contributed by atoms with Gasteiger partial charge in [-0.05, 0) is 60.2 Å². The van der Waals surface area contributed by atoms with Crippen molar-refractivity contribution < 1.29 is 0 Å². The molecule has 0 fully saturated rings. The lowest BCUT2D eigenvalue weighted by molar-refractivity contribution is 1.13. The van der Waals surface area contributed by atoms with E-state index >= 15 is 0 Å². The molecule has 0 unspecified atom stereocenters. The third-order valence-corrected chi connectivity index (χ3v) is 6.53. The fourth-order valence-electron chi connectivity index (χ4n) is 5.12. The zero-order chi connectivity index (χ0) is 22.6. The number of para-hydroxylation sites is 2. The summed E-state index contributed by atoms with van der Waals surface area (Å²) >= 11 is 0. The number of aromatic nitrogens is 4. The number of pyridine rings is 2. The van der Waals surface area contributed by atoms with Crippen molar-refractivity contribution in [2.45, 2.75) is 0 Å². The van der Waals surface area contributed by atoms with E-state index in [4.69, 9.17) is 9.97 Å². The van der Waals surface area contributed by atoms with E-state index in [1.165, 1.54) is 0 Å². The Morgan fingerprint density at radius 1 is 0.559 bits per heavy atom. The van der Waals surface area contributed by atoms with Gasteiger partial charge >= 0.3 is 0 Å². The van der Waals surface area contributed by atoms with Crippen LogP contribution in [0.4, 0.5) is 0 Å². The Kier molecular flexibility index (Phi) is 3.96. The van der Waals surface area contributed by atoms with Crippen LogP contribution in [0.3, 0.4) is 0 Å². The van der Waals surface area contributed by atoms with E-state index in [0.29, 0.717) is 0 Å². The van der Waals surface area contributed by atoms with E-state index < -0.39 is 0 Å². The van der Waals surface area contributed by atoms with Crippen molar-refractivity contribution >= 4 is 49.9 Å². The highest BCUT2D eigenvalue weighted by molar-refractivity contribution is 6.08. The Morgan fingerprint density at radius 2 is 1.03 bits per heavy atom. The molecule has 0 aliphatic carbocycles. The molecule has 4 heterocycles. The number of rotatable bonds is 3. The minimum absolute atomic E-state index is 1.00. The highest BCUT2D eigenvalue weighted by Gasteiger charge is 2.16. The van der Waals surface area contributed by atoms with E-state index in [-0.39, 0.29) is 0 Å². The second kappa shape index (κ2) is 7.15. The molecule has 4 aromatic heterocycles. The van der Waals surface area contributed by atoms with Crippen molar-refractivity contribution in [2.24, 2.45) is 0 Å². The fourth-order valence-corrected chi connectivity index (χ4v) is 5.12. The van der Waals surface area contributed by atoms with Gasteiger partial charge in [-0.3, -0.25) is 9.97 Å². The maximum atomic E-state index is 4.70. The van der Waals surface area contributed by atoms with Crippen LogP contribution in [0.1, 0.15) is 5.56 Å². The fraction of sp³-hybridized carbons (Fsp3) is 0. The van der Waals surface area contributed by atoms with E-state index in [1.807, 2.05) is 30.6 Å². The summed E-state index contributed by atoms with van der Waals surface area (Å²) in [6.45, 7) is 4.08. The molecule has 7 rings (SSSR count). The standard InChI is InChI=1S/C30H20N4/c1-2-20-17-21(33-25-11-5-3-9-23(25)29-27(33)13-7-15-31-29)19-22(18-20)34-26-12-6-4-10-24(26)30-28(34)14-8-16-32-30/h2-19H,1H2. The molecule has 3 aromatic carbocycles. The van der Waals surface area contributed by atoms with Crippen LogP contribution >= 0.6 is 0 Å². The van der Waals surface area contributed by atoms with Crippen LogP contribution in [0.2, 0.25) is 0 Å². The molecular formula is C30H20N4. The van der Waals surface area contributed by atoms with Gasteiger partial charge < -0.3 is 9.13 Å². The minimum atomic E-state index is 1.00. The molecular weight excluding hydrogens is 416 g/mol. The second-order valence-electron chi connectivity index (χ2n) is 8.43. The number of hydrogen-bond acceptors (Lipinski definition) is 2. The van der Waals surface area contributed by atoms with Crippen LogP contribution in [0.25, 0.3) is 61.3 Å². The number of hydrogen-bond donors (Lipinski definition) is 0. The summed E-state index contributed by atoms with van der Waals surface area (Å²) in [6.07, 6.45) is 5.62. The monoisotopic (exact) mass is 436 g/mol. The topological polar surface area (TPSA) is 35.6 Å². The number of nitrogens with zero attached hydrogens (tertiary/aromatic N) is 4. The first kappa shape index (κ1) is 18.8. The first-order valence-corrected chi connectivity index (χ1v) is 11.3. The van der Waals surface area contributed by atoms with E-state index in [0.717, 1.165) is 60.8 Å². The highest BCUT2D eigenvalue weighted by Crippen LogP contribution is 2.34. The van der Waals surface area contributed by atoms with Crippen LogP contribution in [0.15, 0.2) is 110 Å². The SMILES string of the molecule is C=Cc1cc(-n2c3ccccc3c3ncccc32)cc(-n2c3ccccc3c3ncccc32)c1. The largest absolute Gasteiger partial charge is 0.308 e. The molecule has 4 nitrogen and oxygen atoms in total. The van der Waals surface area contributed by atoms with E-state index in [1.54, 1.807) is 0 Å². The van der Waals surface area contributed by atoms with Crippen molar-refractivity contribution in [3.8, 4) is 11.4 Å². The predicted molar refractivity (Wildman–Crippen MR) is 141 cm³/mol. The Balaban J connectivity index is 1.60. The van der Waals surface area contributed by atoms with Gasteiger partial charge in [0, 0.05) is 34.5 Å². The summed E-state index contributed by atoms with van der Waals surface area (Å²) in [5, 5.41) is 2.29. The molecule has 4 heteroatoms. The number of benzene rings is 3.